The molecule has 0 aliphatic rings. The Morgan fingerprint density at radius 1 is 1.02 bits per heavy atom. The number of carboxylic acid groups (broad SMARTS) is 1. The predicted octanol–water partition coefficient (Wildman–Crippen LogP) is 3.27. The Bertz CT molecular complexity index is 1620. The molecule has 40 heavy (non-hydrogen) atoms. The Hall–Kier alpha value is -5.06. The molecule has 0 aliphatic heterocycles. The van der Waals surface area contributed by atoms with Gasteiger partial charge < -0.3 is 24.7 Å². The SMILES string of the molecule is Cc1cccc2nc(C(=O)C(CC(=O)O)NC(=O)C(C)n3cccc(NC(=O)CCc4ccccc4)c3=O)oc12. The van der Waals surface area contributed by atoms with Gasteiger partial charge in [-0.3, -0.25) is 24.0 Å². The van der Waals surface area contributed by atoms with Crippen LogP contribution >= 0.6 is 0 Å². The first-order chi connectivity index (χ1) is 19.1. The van der Waals surface area contributed by atoms with Crippen molar-refractivity contribution in [2.75, 3.05) is 5.32 Å². The van der Waals surface area contributed by atoms with E-state index in [0.717, 1.165) is 15.7 Å². The number of ketones is 1. The van der Waals surface area contributed by atoms with Crippen molar-refractivity contribution in [1.82, 2.24) is 14.9 Å². The number of anilines is 1. The van der Waals surface area contributed by atoms with Crippen LogP contribution in [0.15, 0.2) is 76.1 Å². The van der Waals surface area contributed by atoms with Gasteiger partial charge >= 0.3 is 5.97 Å². The van der Waals surface area contributed by atoms with E-state index in [1.165, 1.54) is 25.3 Å². The minimum absolute atomic E-state index is 0.0137. The fourth-order valence-electron chi connectivity index (χ4n) is 4.17. The molecule has 2 aromatic carbocycles. The molecule has 4 aromatic rings. The van der Waals surface area contributed by atoms with Crippen LogP contribution in [0.2, 0.25) is 0 Å². The van der Waals surface area contributed by atoms with Gasteiger partial charge in [0.05, 0.1) is 6.42 Å². The first-order valence-corrected chi connectivity index (χ1v) is 12.6. The molecule has 2 atom stereocenters. The van der Waals surface area contributed by atoms with Crippen molar-refractivity contribution in [2.45, 2.75) is 45.2 Å². The average molecular weight is 545 g/mol. The van der Waals surface area contributed by atoms with Crippen LogP contribution in [0.4, 0.5) is 5.69 Å². The lowest BCUT2D eigenvalue weighted by Crippen LogP contribution is -2.46. The topological polar surface area (TPSA) is 161 Å². The van der Waals surface area contributed by atoms with Gasteiger partial charge in [0.25, 0.3) is 11.4 Å². The van der Waals surface area contributed by atoms with E-state index >= 15 is 0 Å². The normalized spacial score (nSPS) is 12.4. The number of aryl methyl sites for hydroxylation is 2. The molecular weight excluding hydrogens is 516 g/mol. The summed E-state index contributed by atoms with van der Waals surface area (Å²) < 4.78 is 6.66. The summed E-state index contributed by atoms with van der Waals surface area (Å²) in [6, 6.07) is 14.9. The third-order valence-electron chi connectivity index (χ3n) is 6.36. The molecular formula is C29H28N4O7. The van der Waals surface area contributed by atoms with Crippen molar-refractivity contribution in [2.24, 2.45) is 0 Å². The highest BCUT2D eigenvalue weighted by Gasteiger charge is 2.31. The third-order valence-corrected chi connectivity index (χ3v) is 6.36. The smallest absolute Gasteiger partial charge is 0.305 e. The Labute approximate surface area is 228 Å². The minimum atomic E-state index is -1.49. The van der Waals surface area contributed by atoms with Gasteiger partial charge in [0.1, 0.15) is 23.3 Å². The highest BCUT2D eigenvalue weighted by molar-refractivity contribution is 6.02. The maximum Gasteiger partial charge on any atom is 0.305 e. The summed E-state index contributed by atoms with van der Waals surface area (Å²) in [6.07, 6.45) is 1.29. The first-order valence-electron chi connectivity index (χ1n) is 12.6. The van der Waals surface area contributed by atoms with Crippen LogP contribution < -0.4 is 16.2 Å². The number of aromatic nitrogens is 2. The van der Waals surface area contributed by atoms with Gasteiger partial charge in [0.15, 0.2) is 5.58 Å². The van der Waals surface area contributed by atoms with Crippen LogP contribution in [0, 0.1) is 6.92 Å². The average Bonchev–Trinajstić information content (AvgIpc) is 3.38. The van der Waals surface area contributed by atoms with E-state index in [4.69, 9.17) is 4.42 Å². The van der Waals surface area contributed by atoms with Gasteiger partial charge in [-0.15, -0.1) is 0 Å². The number of Topliss-reactive ketones (excluding diaryl/α,β-unsaturated/α-hetero) is 1. The maximum absolute atomic E-state index is 13.1. The number of carboxylic acids is 1. The number of amides is 2. The second-order valence-corrected chi connectivity index (χ2v) is 9.31. The summed E-state index contributed by atoms with van der Waals surface area (Å²) in [5.41, 5.74) is 1.88. The van der Waals surface area contributed by atoms with E-state index < -0.39 is 41.7 Å². The molecule has 0 fully saturated rings. The predicted molar refractivity (Wildman–Crippen MR) is 146 cm³/mol. The largest absolute Gasteiger partial charge is 0.481 e. The van der Waals surface area contributed by atoms with Crippen molar-refractivity contribution >= 4 is 40.4 Å². The van der Waals surface area contributed by atoms with Gasteiger partial charge in [0.2, 0.25) is 17.6 Å². The van der Waals surface area contributed by atoms with Crippen LogP contribution in [0.1, 0.15) is 47.6 Å². The zero-order valence-electron chi connectivity index (χ0n) is 21.9. The fourth-order valence-corrected chi connectivity index (χ4v) is 4.17. The van der Waals surface area contributed by atoms with Gasteiger partial charge in [-0.25, -0.2) is 4.98 Å². The number of fused-ring (bicyclic) bond motifs is 1. The molecule has 0 saturated heterocycles. The lowest BCUT2D eigenvalue weighted by Gasteiger charge is -2.20. The summed E-state index contributed by atoms with van der Waals surface area (Å²) in [7, 11) is 0. The highest BCUT2D eigenvalue weighted by Crippen LogP contribution is 2.21. The zero-order valence-corrected chi connectivity index (χ0v) is 21.9. The van der Waals surface area contributed by atoms with E-state index in [-0.39, 0.29) is 23.9 Å². The van der Waals surface area contributed by atoms with Gasteiger partial charge in [-0.1, -0.05) is 42.5 Å². The number of benzene rings is 2. The Morgan fingerprint density at radius 2 is 1.77 bits per heavy atom. The Kier molecular flexibility index (Phi) is 8.53. The van der Waals surface area contributed by atoms with Crippen molar-refractivity contribution in [1.29, 1.82) is 0 Å². The number of nitrogens with zero attached hydrogens (tertiary/aromatic N) is 2. The molecule has 0 saturated carbocycles. The first kappa shape index (κ1) is 28.0. The summed E-state index contributed by atoms with van der Waals surface area (Å²) in [4.78, 5) is 67.3. The molecule has 11 heteroatoms. The number of hydrogen-bond acceptors (Lipinski definition) is 7. The number of pyridine rings is 1. The number of carbonyl (C=O) groups excluding carboxylic acids is 3. The van der Waals surface area contributed by atoms with Crippen LogP contribution in [-0.4, -0.2) is 44.3 Å². The van der Waals surface area contributed by atoms with Gasteiger partial charge in [0, 0.05) is 12.6 Å². The monoisotopic (exact) mass is 544 g/mol. The number of nitrogens with one attached hydrogen (secondary N) is 2. The number of carbonyl (C=O) groups is 4. The van der Waals surface area contributed by atoms with Gasteiger partial charge in [-0.05, 0) is 49.6 Å². The number of para-hydroxylation sites is 1. The molecule has 3 N–H and O–H groups in total. The molecule has 4 rings (SSSR count). The summed E-state index contributed by atoms with van der Waals surface area (Å²) in [6.45, 7) is 3.19. The third kappa shape index (κ3) is 6.49. The summed E-state index contributed by atoms with van der Waals surface area (Å²) in [5.74, 6) is -3.61. The lowest BCUT2D eigenvalue weighted by molar-refractivity contribution is -0.137. The van der Waals surface area contributed by atoms with Crippen LogP contribution in [0.25, 0.3) is 11.1 Å². The second kappa shape index (κ2) is 12.2. The molecule has 0 aliphatic carbocycles. The quantitative estimate of drug-likeness (QED) is 0.243. The number of hydrogen-bond donors (Lipinski definition) is 3. The summed E-state index contributed by atoms with van der Waals surface area (Å²) in [5, 5.41) is 14.4. The molecule has 0 spiro atoms. The van der Waals surface area contributed by atoms with E-state index in [0.29, 0.717) is 17.5 Å². The number of oxazole rings is 1. The molecule has 206 valence electrons. The number of rotatable bonds is 11. The zero-order chi connectivity index (χ0) is 28.8. The van der Waals surface area contributed by atoms with Gasteiger partial charge in [-0.2, -0.15) is 0 Å². The molecule has 11 nitrogen and oxygen atoms in total. The molecule has 2 heterocycles. The number of aliphatic carboxylic acids is 1. The van der Waals surface area contributed by atoms with Crippen molar-refractivity contribution in [3.63, 3.8) is 0 Å². The molecule has 2 aromatic heterocycles. The van der Waals surface area contributed by atoms with E-state index in [1.807, 2.05) is 30.3 Å². The van der Waals surface area contributed by atoms with Crippen LogP contribution in [-0.2, 0) is 20.8 Å². The minimum Gasteiger partial charge on any atom is -0.481 e. The van der Waals surface area contributed by atoms with Crippen molar-refractivity contribution in [3.8, 4) is 0 Å². The van der Waals surface area contributed by atoms with Crippen molar-refractivity contribution < 1.29 is 28.7 Å². The Morgan fingerprint density at radius 3 is 2.48 bits per heavy atom. The Balaban J connectivity index is 1.47. The molecule has 2 unspecified atom stereocenters. The molecule has 0 radical (unpaired) electrons. The lowest BCUT2D eigenvalue weighted by atomic mass is 10.1. The van der Waals surface area contributed by atoms with Crippen LogP contribution in [0.3, 0.4) is 0 Å². The van der Waals surface area contributed by atoms with E-state index in [1.54, 1.807) is 25.1 Å². The van der Waals surface area contributed by atoms with E-state index in [2.05, 4.69) is 15.6 Å². The second-order valence-electron chi connectivity index (χ2n) is 9.31. The standard InChI is InChI=1S/C29H28N4O7/c1-17-8-6-11-20-26(17)40-28(32-20)25(37)22(16-24(35)36)31-27(38)18(2)33-15-7-12-21(29(33)39)30-23(34)14-13-19-9-4-3-5-10-19/h3-12,15,18,22H,13-14,16H2,1-2H3,(H,30,34)(H,31,38)(H,35,36). The van der Waals surface area contributed by atoms with E-state index in [9.17, 15) is 29.1 Å². The summed E-state index contributed by atoms with van der Waals surface area (Å²) >= 11 is 0. The molecule has 2 amide bonds. The maximum atomic E-state index is 13.1. The van der Waals surface area contributed by atoms with Crippen molar-refractivity contribution in [3.05, 3.63) is 94.2 Å². The highest BCUT2D eigenvalue weighted by atomic mass is 16.4. The fraction of sp³-hybridized carbons (Fsp3) is 0.241. The van der Waals surface area contributed by atoms with Crippen LogP contribution in [0.5, 0.6) is 0 Å². The molecule has 0 bridgehead atoms.